The third kappa shape index (κ3) is 5.15. The van der Waals surface area contributed by atoms with Crippen LogP contribution in [0.15, 0.2) is 12.1 Å². The van der Waals surface area contributed by atoms with E-state index in [9.17, 15) is 0 Å². The molecule has 3 fully saturated rings. The molecule has 29 heavy (non-hydrogen) atoms. The van der Waals surface area contributed by atoms with Crippen LogP contribution in [0.5, 0.6) is 0 Å². The van der Waals surface area contributed by atoms with Crippen LogP contribution < -0.4 is 5.30 Å². The monoisotopic (exact) mass is 415 g/mol. The highest BCUT2D eigenvalue weighted by Crippen LogP contribution is 2.35. The second kappa shape index (κ2) is 7.77. The smallest absolute Gasteiger partial charge is 0.102 e. The molecular weight excluding hydrogens is 371 g/mol. The summed E-state index contributed by atoms with van der Waals surface area (Å²) in [4.78, 5) is 2.64. The number of benzene rings is 1. The van der Waals surface area contributed by atoms with Crippen LogP contribution in [0.2, 0.25) is 0 Å². The minimum Gasteiger partial charge on any atom is -0.317 e. The fourth-order valence-electron chi connectivity index (χ4n) is 4.66. The Bertz CT molecular complexity index is 715. The van der Waals surface area contributed by atoms with Gasteiger partial charge in [-0.1, -0.05) is 82.7 Å². The van der Waals surface area contributed by atoms with Crippen molar-refractivity contribution in [2.24, 2.45) is 0 Å². The highest BCUT2D eigenvalue weighted by molar-refractivity contribution is 7.47. The van der Waals surface area contributed by atoms with E-state index in [0.717, 1.165) is 0 Å². The van der Waals surface area contributed by atoms with Crippen molar-refractivity contribution in [3.8, 4) is 0 Å². The number of fused-ring (bicyclic) bond motifs is 3. The van der Waals surface area contributed by atoms with Gasteiger partial charge < -0.3 is 4.48 Å². The molecule has 3 saturated heterocycles. The standard InChI is InChI=1S/C26H44N2P/c1-24(2,3)20-18-21(25(4,5)6)23(22(19-20)26(7,8)9)29-17-16-28-13-10-27(11-14-28)12-15-28/h17-19H,10-16H2,1-9H3/q+1. The summed E-state index contributed by atoms with van der Waals surface area (Å²) in [6.07, 6.45) is 0. The zero-order valence-corrected chi connectivity index (χ0v) is 21.4. The van der Waals surface area contributed by atoms with Gasteiger partial charge in [-0.05, 0) is 38.7 Å². The number of nitrogens with zero attached hydrogens (tertiary/aromatic N) is 2. The Morgan fingerprint density at radius 2 is 1.24 bits per heavy atom. The number of rotatable bonds is 3. The maximum Gasteiger partial charge on any atom is 0.102 e. The summed E-state index contributed by atoms with van der Waals surface area (Å²) in [5.41, 5.74) is 5.03. The van der Waals surface area contributed by atoms with E-state index in [-0.39, 0.29) is 16.2 Å². The lowest BCUT2D eigenvalue weighted by Gasteiger charge is -2.50. The minimum absolute atomic E-state index is 0.154. The fraction of sp³-hybridized carbons (Fsp3) is 0.731. The molecular formula is C26H44N2P+. The Morgan fingerprint density at radius 1 is 0.793 bits per heavy atom. The Morgan fingerprint density at radius 3 is 1.62 bits per heavy atom. The summed E-state index contributed by atoms with van der Waals surface area (Å²) in [5.74, 6) is 2.59. The van der Waals surface area contributed by atoms with Gasteiger partial charge in [-0.15, -0.1) is 0 Å². The van der Waals surface area contributed by atoms with E-state index in [1.165, 1.54) is 75.2 Å². The molecule has 1 aromatic carbocycles. The van der Waals surface area contributed by atoms with Gasteiger partial charge in [0.05, 0.1) is 19.6 Å². The Hall–Kier alpha value is -0.690. The maximum atomic E-state index is 2.64. The quantitative estimate of drug-likeness (QED) is 0.490. The van der Waals surface area contributed by atoms with Gasteiger partial charge in [-0.25, -0.2) is 0 Å². The normalized spacial score (nSPS) is 25.8. The van der Waals surface area contributed by atoms with Crippen LogP contribution >= 0.6 is 8.20 Å². The summed E-state index contributed by atoms with van der Waals surface area (Å²) < 4.78 is 1.32. The lowest BCUT2D eigenvalue weighted by atomic mass is 9.75. The molecule has 0 atom stereocenters. The maximum absolute atomic E-state index is 2.64. The van der Waals surface area contributed by atoms with Crippen molar-refractivity contribution >= 4 is 19.3 Å². The molecule has 0 N–H and O–H groups in total. The summed E-state index contributed by atoms with van der Waals surface area (Å²) in [5, 5.41) is 1.56. The van der Waals surface area contributed by atoms with Gasteiger partial charge in [0.25, 0.3) is 0 Å². The summed E-state index contributed by atoms with van der Waals surface area (Å²) in [6, 6.07) is 5.02. The molecule has 3 aliphatic heterocycles. The zero-order valence-electron chi connectivity index (χ0n) is 20.5. The first kappa shape index (κ1) is 23.0. The number of piperazine rings is 3. The predicted molar refractivity (Wildman–Crippen MR) is 131 cm³/mol. The lowest BCUT2D eigenvalue weighted by Crippen LogP contribution is -2.67. The topological polar surface area (TPSA) is 3.24 Å². The fourth-order valence-corrected chi connectivity index (χ4v) is 6.35. The van der Waals surface area contributed by atoms with Crippen LogP contribution in [0.4, 0.5) is 0 Å². The van der Waals surface area contributed by atoms with Gasteiger partial charge in [-0.3, -0.25) is 4.90 Å². The van der Waals surface area contributed by atoms with Gasteiger partial charge in [0.15, 0.2) is 0 Å². The molecule has 0 unspecified atom stereocenters. The molecule has 3 heterocycles. The molecule has 0 aromatic heterocycles. The first-order chi connectivity index (χ1) is 13.2. The number of quaternary nitrogens is 1. The highest BCUT2D eigenvalue weighted by atomic mass is 31.1. The van der Waals surface area contributed by atoms with Crippen LogP contribution in [0.25, 0.3) is 0 Å². The number of hydrogen-bond acceptors (Lipinski definition) is 1. The van der Waals surface area contributed by atoms with Crippen LogP contribution in [0, 0.1) is 0 Å². The predicted octanol–water partition coefficient (Wildman–Crippen LogP) is 5.10. The van der Waals surface area contributed by atoms with Crippen molar-refractivity contribution in [1.82, 2.24) is 4.90 Å². The van der Waals surface area contributed by atoms with Crippen LogP contribution in [0.1, 0.15) is 79.0 Å². The molecule has 0 saturated carbocycles. The Kier molecular flexibility index (Phi) is 6.16. The first-order valence-corrected chi connectivity index (χ1v) is 12.5. The average Bonchev–Trinajstić information content (AvgIpc) is 2.60. The van der Waals surface area contributed by atoms with Gasteiger partial charge in [0, 0.05) is 24.9 Å². The molecule has 1 aromatic rings. The Labute approximate surface area is 182 Å². The third-order valence-electron chi connectivity index (χ3n) is 6.95. The second-order valence-corrected chi connectivity index (χ2v) is 13.6. The van der Waals surface area contributed by atoms with Crippen molar-refractivity contribution in [2.75, 3.05) is 45.8 Å². The van der Waals surface area contributed by atoms with E-state index in [1.807, 2.05) is 0 Å². The molecule has 3 heteroatoms. The van der Waals surface area contributed by atoms with E-state index in [1.54, 1.807) is 5.30 Å². The zero-order chi connectivity index (χ0) is 21.7. The van der Waals surface area contributed by atoms with Crippen molar-refractivity contribution < 1.29 is 4.48 Å². The lowest BCUT2D eigenvalue weighted by molar-refractivity contribution is -0.932. The van der Waals surface area contributed by atoms with Crippen molar-refractivity contribution in [2.45, 2.75) is 78.6 Å². The van der Waals surface area contributed by atoms with Crippen LogP contribution in [-0.4, -0.2) is 61.0 Å². The van der Waals surface area contributed by atoms with Gasteiger partial charge in [-0.2, -0.15) is 0 Å². The van der Waals surface area contributed by atoms with Gasteiger partial charge >= 0.3 is 0 Å². The number of hydrogen-bond donors (Lipinski definition) is 0. The van der Waals surface area contributed by atoms with E-state index >= 15 is 0 Å². The molecule has 0 amide bonds. The Balaban J connectivity index is 2.03. The molecule has 2 nitrogen and oxygen atoms in total. The largest absolute Gasteiger partial charge is 0.317 e. The summed E-state index contributed by atoms with van der Waals surface area (Å²) >= 11 is 0. The van der Waals surface area contributed by atoms with Crippen molar-refractivity contribution in [3.05, 3.63) is 28.8 Å². The van der Waals surface area contributed by atoms with Crippen LogP contribution in [0.3, 0.4) is 0 Å². The van der Waals surface area contributed by atoms with E-state index in [2.05, 4.69) is 85.1 Å². The second-order valence-electron chi connectivity index (χ2n) is 12.5. The SMILES string of the molecule is CC(C)(C)c1cc(C(C)(C)C)c(P=CC[N+]23CCN(CC2)CC3)c(C(C)(C)C)c1. The molecule has 162 valence electrons. The summed E-state index contributed by atoms with van der Waals surface area (Å²) in [6.45, 7) is 30.5. The summed E-state index contributed by atoms with van der Waals surface area (Å²) in [7, 11) is 1.41. The van der Waals surface area contributed by atoms with Crippen molar-refractivity contribution in [3.63, 3.8) is 0 Å². The average molecular weight is 416 g/mol. The highest BCUT2D eigenvalue weighted by Gasteiger charge is 2.37. The molecule has 4 rings (SSSR count). The van der Waals surface area contributed by atoms with Gasteiger partial charge in [0.1, 0.15) is 6.54 Å². The van der Waals surface area contributed by atoms with E-state index in [4.69, 9.17) is 0 Å². The van der Waals surface area contributed by atoms with E-state index in [0.29, 0.717) is 0 Å². The molecule has 2 bridgehead atoms. The third-order valence-corrected chi connectivity index (χ3v) is 8.04. The first-order valence-electron chi connectivity index (χ1n) is 11.5. The molecule has 3 aliphatic rings. The molecule has 0 spiro atoms. The van der Waals surface area contributed by atoms with Crippen LogP contribution in [-0.2, 0) is 16.2 Å². The minimum atomic E-state index is 0.154. The molecule has 0 radical (unpaired) electrons. The molecule has 0 aliphatic carbocycles. The van der Waals surface area contributed by atoms with E-state index < -0.39 is 0 Å². The van der Waals surface area contributed by atoms with Gasteiger partial charge in [0.2, 0.25) is 0 Å². The van der Waals surface area contributed by atoms with Crippen molar-refractivity contribution in [1.29, 1.82) is 0 Å².